The molecule has 0 aliphatic carbocycles. The Balaban J connectivity index is 1.70. The summed E-state index contributed by atoms with van der Waals surface area (Å²) in [6.07, 6.45) is 1.77. The number of thioether (sulfide) groups is 1. The van der Waals surface area contributed by atoms with Gasteiger partial charge in [0.2, 0.25) is 0 Å². The molecule has 0 aromatic heterocycles. The third-order valence-electron chi connectivity index (χ3n) is 5.30. The molecular formula is C28H25BrN2O5S. The van der Waals surface area contributed by atoms with E-state index in [1.165, 1.54) is 11.8 Å². The fourth-order valence-corrected chi connectivity index (χ4v) is 5.16. The van der Waals surface area contributed by atoms with Crippen LogP contribution < -0.4 is 9.47 Å². The van der Waals surface area contributed by atoms with Gasteiger partial charge in [0.25, 0.3) is 5.91 Å². The highest BCUT2D eigenvalue weighted by molar-refractivity contribution is 9.10. The van der Waals surface area contributed by atoms with Gasteiger partial charge < -0.3 is 14.6 Å². The van der Waals surface area contributed by atoms with E-state index in [9.17, 15) is 9.59 Å². The minimum atomic E-state index is -1.09. The maximum absolute atomic E-state index is 13.5. The minimum Gasteiger partial charge on any atom is -0.490 e. The summed E-state index contributed by atoms with van der Waals surface area (Å²) in [6, 6.07) is 21.1. The van der Waals surface area contributed by atoms with E-state index in [-0.39, 0.29) is 5.91 Å². The van der Waals surface area contributed by atoms with E-state index < -0.39 is 12.6 Å². The second-order valence-corrected chi connectivity index (χ2v) is 10.0. The van der Waals surface area contributed by atoms with Crippen molar-refractivity contribution in [2.45, 2.75) is 20.4 Å². The molecule has 9 heteroatoms. The zero-order valence-electron chi connectivity index (χ0n) is 20.3. The molecule has 7 nitrogen and oxygen atoms in total. The molecule has 0 bridgehead atoms. The molecule has 1 N–H and O–H groups in total. The molecule has 3 aromatic rings. The highest BCUT2D eigenvalue weighted by Gasteiger charge is 2.33. The number of nitrogens with zero attached hydrogens (tertiary/aromatic N) is 2. The summed E-state index contributed by atoms with van der Waals surface area (Å²) in [5.41, 5.74) is 3.59. The highest BCUT2D eigenvalue weighted by atomic mass is 79.9. The fraction of sp³-hybridized carbons (Fsp3) is 0.179. The summed E-state index contributed by atoms with van der Waals surface area (Å²) in [4.78, 5) is 31.5. The third kappa shape index (κ3) is 6.81. The molecule has 37 heavy (non-hydrogen) atoms. The maximum Gasteiger partial charge on any atom is 0.341 e. The number of rotatable bonds is 9. The zero-order valence-corrected chi connectivity index (χ0v) is 22.7. The largest absolute Gasteiger partial charge is 0.490 e. The van der Waals surface area contributed by atoms with Gasteiger partial charge in [0.1, 0.15) is 0 Å². The van der Waals surface area contributed by atoms with Gasteiger partial charge in [-0.1, -0.05) is 48.0 Å². The predicted molar refractivity (Wildman–Crippen MR) is 149 cm³/mol. The van der Waals surface area contributed by atoms with Crippen LogP contribution >= 0.6 is 27.7 Å². The fourth-order valence-electron chi connectivity index (χ4n) is 3.59. The van der Waals surface area contributed by atoms with Crippen LogP contribution in [0.1, 0.15) is 23.6 Å². The van der Waals surface area contributed by atoms with Gasteiger partial charge in [0, 0.05) is 0 Å². The Morgan fingerprint density at radius 3 is 2.51 bits per heavy atom. The normalized spacial score (nSPS) is 15.4. The van der Waals surface area contributed by atoms with E-state index in [1.807, 2.05) is 68.4 Å². The van der Waals surface area contributed by atoms with Crippen molar-refractivity contribution in [1.29, 1.82) is 0 Å². The second kappa shape index (κ2) is 12.1. The first kappa shape index (κ1) is 26.5. The molecule has 3 aromatic carbocycles. The number of carbonyl (C=O) groups excluding carboxylic acids is 1. The number of carbonyl (C=O) groups is 2. The van der Waals surface area contributed by atoms with Crippen LogP contribution in [0.2, 0.25) is 0 Å². The molecule has 0 spiro atoms. The zero-order chi connectivity index (χ0) is 26.4. The quantitative estimate of drug-likeness (QED) is 0.294. The molecule has 1 aliphatic heterocycles. The van der Waals surface area contributed by atoms with Crippen LogP contribution in [0.4, 0.5) is 5.69 Å². The molecule has 4 rings (SSSR count). The van der Waals surface area contributed by atoms with Crippen LogP contribution in [0.3, 0.4) is 0 Å². The first-order valence-corrected chi connectivity index (χ1v) is 13.2. The molecule has 1 saturated heterocycles. The molecule has 1 aliphatic rings. The van der Waals surface area contributed by atoms with E-state index in [1.54, 1.807) is 23.1 Å². The molecule has 0 radical (unpaired) electrons. The van der Waals surface area contributed by atoms with E-state index in [0.29, 0.717) is 44.8 Å². The Labute approximate surface area is 227 Å². The monoisotopic (exact) mass is 580 g/mol. The van der Waals surface area contributed by atoms with Crippen LogP contribution in [0.5, 0.6) is 11.5 Å². The van der Waals surface area contributed by atoms with Gasteiger partial charge in [0.05, 0.1) is 28.2 Å². The van der Waals surface area contributed by atoms with Crippen molar-refractivity contribution in [3.63, 3.8) is 0 Å². The van der Waals surface area contributed by atoms with Gasteiger partial charge >= 0.3 is 5.97 Å². The lowest BCUT2D eigenvalue weighted by Gasteiger charge is -2.15. The topological polar surface area (TPSA) is 88.4 Å². The maximum atomic E-state index is 13.5. The van der Waals surface area contributed by atoms with Crippen molar-refractivity contribution < 1.29 is 24.2 Å². The van der Waals surface area contributed by atoms with E-state index in [0.717, 1.165) is 16.8 Å². The van der Waals surface area contributed by atoms with Crippen molar-refractivity contribution in [3.05, 3.63) is 92.8 Å². The second-order valence-electron chi connectivity index (χ2n) is 8.16. The molecule has 0 saturated carbocycles. The molecule has 0 atom stereocenters. The first-order chi connectivity index (χ1) is 17.8. The van der Waals surface area contributed by atoms with Crippen LogP contribution in [0.25, 0.3) is 6.08 Å². The number of amides is 1. The summed E-state index contributed by atoms with van der Waals surface area (Å²) in [6.45, 7) is 4.10. The van der Waals surface area contributed by atoms with Crippen LogP contribution in [-0.2, 0) is 16.1 Å². The average Bonchev–Trinajstić information content (AvgIpc) is 3.14. The summed E-state index contributed by atoms with van der Waals surface area (Å²) in [5.74, 6) is -0.563. The number of benzene rings is 3. The molecular weight excluding hydrogens is 556 g/mol. The smallest absolute Gasteiger partial charge is 0.341 e. The Morgan fingerprint density at radius 1 is 1.11 bits per heavy atom. The summed E-state index contributed by atoms with van der Waals surface area (Å²) in [7, 11) is 0. The van der Waals surface area contributed by atoms with E-state index >= 15 is 0 Å². The lowest BCUT2D eigenvalue weighted by atomic mass is 10.1. The lowest BCUT2D eigenvalue weighted by Crippen LogP contribution is -2.28. The Morgan fingerprint density at radius 2 is 1.84 bits per heavy atom. The third-order valence-corrected chi connectivity index (χ3v) is 6.90. The number of carboxylic acids is 1. The molecule has 190 valence electrons. The van der Waals surface area contributed by atoms with Gasteiger partial charge in [-0.15, -0.1) is 0 Å². The van der Waals surface area contributed by atoms with Crippen LogP contribution in [0.15, 0.2) is 81.1 Å². The number of hydrogen-bond donors (Lipinski definition) is 1. The van der Waals surface area contributed by atoms with Crippen molar-refractivity contribution in [2.75, 3.05) is 13.2 Å². The number of ether oxygens (including phenoxy) is 2. The number of aryl methyl sites for hydroxylation is 1. The van der Waals surface area contributed by atoms with Crippen LogP contribution in [-0.4, -0.2) is 40.3 Å². The standard InChI is InChI=1S/C28H25BrN2O5S/c1-3-35-23-14-20(13-22(29)26(23)36-17-25(32)33)15-24-27(34)31(16-19-7-5-4-6-8-19)28(37-24)30-21-11-9-18(2)10-12-21/h4-15H,3,16-17H2,1-2H3,(H,32,33)/b24-15+,30-28?. The van der Waals surface area contributed by atoms with E-state index in [4.69, 9.17) is 19.6 Å². The molecule has 1 amide bonds. The SMILES string of the molecule is CCOc1cc(/C=C2/SC(=Nc3ccc(C)cc3)N(Cc3ccccc3)C2=O)cc(Br)c1OCC(=O)O. The molecule has 1 heterocycles. The van der Waals surface area contributed by atoms with E-state index in [2.05, 4.69) is 15.9 Å². The molecule has 1 fully saturated rings. The number of aliphatic carboxylic acids is 1. The number of aliphatic imine (C=N–C) groups is 1. The van der Waals surface area contributed by atoms with Crippen molar-refractivity contribution >= 4 is 56.5 Å². The summed E-state index contributed by atoms with van der Waals surface area (Å²) < 4.78 is 11.6. The Kier molecular flexibility index (Phi) is 8.68. The highest BCUT2D eigenvalue weighted by Crippen LogP contribution is 2.40. The number of carboxylic acid groups (broad SMARTS) is 1. The minimum absolute atomic E-state index is 0.153. The van der Waals surface area contributed by atoms with Gasteiger partial charge in [0.15, 0.2) is 23.3 Å². The number of halogens is 1. The molecule has 0 unspecified atom stereocenters. The average molecular weight is 581 g/mol. The van der Waals surface area contributed by atoms with Gasteiger partial charge in [-0.05, 0) is 83.0 Å². The van der Waals surface area contributed by atoms with Crippen LogP contribution in [0, 0.1) is 6.92 Å². The van der Waals surface area contributed by atoms with Crippen molar-refractivity contribution in [3.8, 4) is 11.5 Å². The van der Waals surface area contributed by atoms with Crippen molar-refractivity contribution in [2.24, 2.45) is 4.99 Å². The number of amidine groups is 1. The lowest BCUT2D eigenvalue weighted by molar-refractivity contribution is -0.139. The van der Waals surface area contributed by atoms with Gasteiger partial charge in [-0.3, -0.25) is 9.69 Å². The Hall–Kier alpha value is -3.56. The summed E-state index contributed by atoms with van der Waals surface area (Å²) >= 11 is 4.75. The predicted octanol–water partition coefficient (Wildman–Crippen LogP) is 6.42. The van der Waals surface area contributed by atoms with Gasteiger partial charge in [-0.2, -0.15) is 0 Å². The first-order valence-electron chi connectivity index (χ1n) is 11.6. The van der Waals surface area contributed by atoms with Crippen molar-refractivity contribution in [1.82, 2.24) is 4.90 Å². The summed E-state index contributed by atoms with van der Waals surface area (Å²) in [5, 5.41) is 9.58. The number of hydrogen-bond acceptors (Lipinski definition) is 6. The Bertz CT molecular complexity index is 1360. The van der Waals surface area contributed by atoms with Gasteiger partial charge in [-0.25, -0.2) is 9.79 Å².